The molecule has 4 heteroatoms. The lowest BCUT2D eigenvalue weighted by molar-refractivity contribution is 0.305. The van der Waals surface area contributed by atoms with Gasteiger partial charge >= 0.3 is 0 Å². The molecule has 0 aliphatic heterocycles. The summed E-state index contributed by atoms with van der Waals surface area (Å²) in [6, 6.07) is 22.6. The van der Waals surface area contributed by atoms with E-state index in [2.05, 4.69) is 6.92 Å². The molecule has 4 aromatic carbocycles. The molecule has 0 amide bonds. The molecule has 36 heavy (non-hydrogen) atoms. The number of halogens is 3. The van der Waals surface area contributed by atoms with Crippen molar-refractivity contribution in [2.24, 2.45) is 0 Å². The summed E-state index contributed by atoms with van der Waals surface area (Å²) >= 11 is 0. The van der Waals surface area contributed by atoms with E-state index in [1.165, 1.54) is 12.1 Å². The normalized spacial score (nSPS) is 11.2. The van der Waals surface area contributed by atoms with Crippen LogP contribution in [0.25, 0.3) is 34.4 Å². The first-order chi connectivity index (χ1) is 17.5. The Morgan fingerprint density at radius 2 is 1.36 bits per heavy atom. The number of aryl methyl sites for hydroxylation is 1. The summed E-state index contributed by atoms with van der Waals surface area (Å²) in [5.41, 5.74) is 4.06. The Hall–Kier alpha value is -3.79. The molecule has 184 valence electrons. The van der Waals surface area contributed by atoms with Crippen LogP contribution in [-0.2, 0) is 0 Å². The van der Waals surface area contributed by atoms with E-state index in [4.69, 9.17) is 4.74 Å². The minimum absolute atomic E-state index is 0.160. The van der Waals surface area contributed by atoms with E-state index in [-0.39, 0.29) is 16.9 Å². The smallest absolute Gasteiger partial charge is 0.167 e. The highest BCUT2D eigenvalue weighted by Gasteiger charge is 2.13. The fourth-order valence-electron chi connectivity index (χ4n) is 3.97. The molecular formula is C32H29F3O. The third-order valence-corrected chi connectivity index (χ3v) is 6.11. The molecule has 1 nitrogen and oxygen atoms in total. The molecule has 0 heterocycles. The first-order valence-electron chi connectivity index (χ1n) is 12.2. The van der Waals surface area contributed by atoms with Crippen molar-refractivity contribution in [1.29, 1.82) is 0 Å². The van der Waals surface area contributed by atoms with Crippen LogP contribution in [-0.4, -0.2) is 6.61 Å². The van der Waals surface area contributed by atoms with Crippen molar-refractivity contribution in [1.82, 2.24) is 0 Å². The van der Waals surface area contributed by atoms with Gasteiger partial charge in [0.15, 0.2) is 11.6 Å². The zero-order valence-corrected chi connectivity index (χ0v) is 20.5. The number of hydrogen-bond donors (Lipinski definition) is 0. The predicted molar refractivity (Wildman–Crippen MR) is 142 cm³/mol. The molecule has 0 aliphatic rings. The van der Waals surface area contributed by atoms with Gasteiger partial charge in [-0.05, 0) is 42.2 Å². The fraction of sp³-hybridized carbons (Fsp3) is 0.188. The second-order valence-corrected chi connectivity index (χ2v) is 8.85. The van der Waals surface area contributed by atoms with Gasteiger partial charge in [-0.1, -0.05) is 98.1 Å². The highest BCUT2D eigenvalue weighted by atomic mass is 19.2. The Kier molecular flexibility index (Phi) is 8.27. The van der Waals surface area contributed by atoms with E-state index in [0.29, 0.717) is 23.5 Å². The molecule has 0 atom stereocenters. The second kappa shape index (κ2) is 11.8. The van der Waals surface area contributed by atoms with Crippen molar-refractivity contribution >= 4 is 12.2 Å². The third-order valence-electron chi connectivity index (χ3n) is 6.11. The topological polar surface area (TPSA) is 9.23 Å². The Morgan fingerprint density at radius 3 is 2.06 bits per heavy atom. The fourth-order valence-corrected chi connectivity index (χ4v) is 3.97. The third kappa shape index (κ3) is 6.06. The van der Waals surface area contributed by atoms with Gasteiger partial charge in [-0.25, -0.2) is 13.2 Å². The van der Waals surface area contributed by atoms with Crippen LogP contribution in [0.5, 0.6) is 5.75 Å². The quantitative estimate of drug-likeness (QED) is 0.169. The van der Waals surface area contributed by atoms with Crippen molar-refractivity contribution < 1.29 is 17.9 Å². The summed E-state index contributed by atoms with van der Waals surface area (Å²) in [7, 11) is 0. The predicted octanol–water partition coefficient (Wildman–Crippen LogP) is 9.49. The number of benzene rings is 4. The molecule has 0 aliphatic carbocycles. The Balaban J connectivity index is 1.46. The molecule has 0 bridgehead atoms. The van der Waals surface area contributed by atoms with E-state index in [0.717, 1.165) is 36.0 Å². The van der Waals surface area contributed by atoms with Crippen LogP contribution in [0, 0.1) is 24.4 Å². The van der Waals surface area contributed by atoms with Gasteiger partial charge in [0.05, 0.1) is 6.61 Å². The molecule has 4 aromatic rings. The lowest BCUT2D eigenvalue weighted by atomic mass is 10.0. The minimum Gasteiger partial charge on any atom is -0.493 e. The first kappa shape index (κ1) is 25.3. The van der Waals surface area contributed by atoms with Crippen molar-refractivity contribution in [2.75, 3.05) is 6.61 Å². The summed E-state index contributed by atoms with van der Waals surface area (Å²) in [6.07, 6.45) is 6.38. The molecule has 0 saturated carbocycles. The zero-order valence-electron chi connectivity index (χ0n) is 20.5. The molecule has 4 rings (SSSR count). The molecule has 0 unspecified atom stereocenters. The maximum Gasteiger partial charge on any atom is 0.167 e. The van der Waals surface area contributed by atoms with Crippen molar-refractivity contribution in [2.45, 2.75) is 33.1 Å². The van der Waals surface area contributed by atoms with Gasteiger partial charge in [0, 0.05) is 22.8 Å². The van der Waals surface area contributed by atoms with E-state index in [9.17, 15) is 13.2 Å². The van der Waals surface area contributed by atoms with Crippen molar-refractivity contribution in [3.05, 3.63) is 113 Å². The molecular weight excluding hydrogens is 457 g/mol. The van der Waals surface area contributed by atoms with E-state index in [1.54, 1.807) is 54.6 Å². The summed E-state index contributed by atoms with van der Waals surface area (Å²) in [5.74, 6) is -1.59. The van der Waals surface area contributed by atoms with E-state index in [1.807, 2.05) is 31.2 Å². The second-order valence-electron chi connectivity index (χ2n) is 8.85. The van der Waals surface area contributed by atoms with Crippen LogP contribution < -0.4 is 4.74 Å². The van der Waals surface area contributed by atoms with Crippen molar-refractivity contribution in [3.63, 3.8) is 0 Å². The number of hydrogen-bond acceptors (Lipinski definition) is 1. The SMILES string of the molecule is CCCCCOc1ccc(-c2ccc(/C=C/c3ccc(-c4ccc(C)cc4)c(F)c3F)cc2)c(F)c1. The Morgan fingerprint density at radius 1 is 0.694 bits per heavy atom. The molecule has 0 aromatic heterocycles. The van der Waals surface area contributed by atoms with Gasteiger partial charge in [0.1, 0.15) is 11.6 Å². The number of rotatable bonds is 9. The molecule has 0 N–H and O–H groups in total. The van der Waals surface area contributed by atoms with Gasteiger partial charge in [-0.3, -0.25) is 0 Å². The summed E-state index contributed by atoms with van der Waals surface area (Å²) in [4.78, 5) is 0. The number of unbranched alkanes of at least 4 members (excludes halogenated alkanes) is 2. The molecule has 0 spiro atoms. The van der Waals surface area contributed by atoms with Gasteiger partial charge < -0.3 is 4.74 Å². The standard InChI is InChI=1S/C32H29F3O/c1-3-4-5-20-36-27-17-19-28(30(33)21-27)24-13-8-23(9-14-24)10-15-26-16-18-29(32(35)31(26)34)25-11-6-22(2)7-12-25/h6-19,21H,3-5,20H2,1-2H3/b15-10+. The van der Waals surface area contributed by atoms with Crippen LogP contribution in [0.3, 0.4) is 0 Å². The molecule has 0 fully saturated rings. The van der Waals surface area contributed by atoms with Crippen LogP contribution in [0.1, 0.15) is 42.9 Å². The Labute approximate surface area is 210 Å². The largest absolute Gasteiger partial charge is 0.493 e. The van der Waals surface area contributed by atoms with E-state index >= 15 is 0 Å². The average molecular weight is 487 g/mol. The monoisotopic (exact) mass is 486 g/mol. The number of ether oxygens (including phenoxy) is 1. The van der Waals surface area contributed by atoms with Gasteiger partial charge in [0.25, 0.3) is 0 Å². The Bertz CT molecular complexity index is 1340. The summed E-state index contributed by atoms with van der Waals surface area (Å²) in [6.45, 7) is 4.64. The minimum atomic E-state index is -0.889. The summed E-state index contributed by atoms with van der Waals surface area (Å²) in [5, 5.41) is 0. The van der Waals surface area contributed by atoms with Gasteiger partial charge in [-0.2, -0.15) is 0 Å². The lowest BCUT2D eigenvalue weighted by Gasteiger charge is -2.09. The maximum absolute atomic E-state index is 14.7. The van der Waals surface area contributed by atoms with Crippen LogP contribution in [0.15, 0.2) is 78.9 Å². The van der Waals surface area contributed by atoms with Gasteiger partial charge in [0.2, 0.25) is 0 Å². The van der Waals surface area contributed by atoms with Crippen LogP contribution in [0.4, 0.5) is 13.2 Å². The molecule has 0 radical (unpaired) electrons. The van der Waals surface area contributed by atoms with Crippen LogP contribution >= 0.6 is 0 Å². The maximum atomic E-state index is 14.7. The highest BCUT2D eigenvalue weighted by Crippen LogP contribution is 2.29. The highest BCUT2D eigenvalue weighted by molar-refractivity contribution is 5.74. The van der Waals surface area contributed by atoms with Crippen molar-refractivity contribution in [3.8, 4) is 28.0 Å². The van der Waals surface area contributed by atoms with E-state index < -0.39 is 11.6 Å². The van der Waals surface area contributed by atoms with Crippen LogP contribution in [0.2, 0.25) is 0 Å². The first-order valence-corrected chi connectivity index (χ1v) is 12.2. The zero-order chi connectivity index (χ0) is 25.5. The van der Waals surface area contributed by atoms with Gasteiger partial charge in [-0.15, -0.1) is 0 Å². The molecule has 0 saturated heterocycles. The lowest BCUT2D eigenvalue weighted by Crippen LogP contribution is -1.97. The summed E-state index contributed by atoms with van der Waals surface area (Å²) < 4.78 is 49.7. The average Bonchev–Trinajstić information content (AvgIpc) is 2.89.